The lowest BCUT2D eigenvalue weighted by atomic mass is 10.1. The highest BCUT2D eigenvalue weighted by molar-refractivity contribution is 7.17. The van der Waals surface area contributed by atoms with Crippen LogP contribution >= 0.6 is 11.3 Å². The molecule has 1 atom stereocenters. The van der Waals surface area contributed by atoms with E-state index in [2.05, 4.69) is 9.97 Å². The lowest BCUT2D eigenvalue weighted by molar-refractivity contribution is -0.152. The predicted octanol–water partition coefficient (Wildman–Crippen LogP) is 4.16. The molecule has 0 radical (unpaired) electrons. The predicted molar refractivity (Wildman–Crippen MR) is 112 cm³/mol. The van der Waals surface area contributed by atoms with Crippen LogP contribution in [0, 0.1) is 0 Å². The van der Waals surface area contributed by atoms with Crippen molar-refractivity contribution < 1.29 is 14.3 Å². The Balaban J connectivity index is 1.48. The number of esters is 1. The fourth-order valence-corrected chi connectivity index (χ4v) is 3.87. The number of carbonyl (C=O) groups is 1. The van der Waals surface area contributed by atoms with Gasteiger partial charge in [-0.05, 0) is 24.6 Å². The number of aromatic nitrogens is 2. The molecule has 6 nitrogen and oxygen atoms in total. The number of H-pyrrole nitrogens is 1. The second-order valence-corrected chi connectivity index (χ2v) is 7.25. The van der Waals surface area contributed by atoms with E-state index in [4.69, 9.17) is 9.47 Å². The molecule has 0 aliphatic heterocycles. The zero-order valence-electron chi connectivity index (χ0n) is 15.6. The maximum absolute atomic E-state index is 12.6. The third kappa shape index (κ3) is 4.20. The molecular weight excluding hydrogens is 388 g/mol. The van der Waals surface area contributed by atoms with Gasteiger partial charge in [0.2, 0.25) is 0 Å². The Bertz CT molecular complexity index is 1190. The minimum Gasteiger partial charge on any atom is -0.479 e. The van der Waals surface area contributed by atoms with Crippen molar-refractivity contribution >= 4 is 27.5 Å². The van der Waals surface area contributed by atoms with E-state index in [0.717, 1.165) is 11.1 Å². The third-order valence-corrected chi connectivity index (χ3v) is 5.19. The van der Waals surface area contributed by atoms with Gasteiger partial charge in [-0.3, -0.25) is 4.79 Å². The molecule has 2 heterocycles. The second kappa shape index (κ2) is 8.28. The molecule has 146 valence electrons. The van der Waals surface area contributed by atoms with Crippen molar-refractivity contribution in [1.82, 2.24) is 9.97 Å². The van der Waals surface area contributed by atoms with Crippen molar-refractivity contribution in [1.29, 1.82) is 0 Å². The van der Waals surface area contributed by atoms with Gasteiger partial charge in [-0.1, -0.05) is 48.5 Å². The first kappa shape index (κ1) is 18.9. The molecule has 1 N–H and O–H groups in total. The Morgan fingerprint density at radius 1 is 1.10 bits per heavy atom. The Kier molecular flexibility index (Phi) is 5.39. The minimum absolute atomic E-state index is 0.134. The van der Waals surface area contributed by atoms with Crippen molar-refractivity contribution in [3.8, 4) is 16.9 Å². The summed E-state index contributed by atoms with van der Waals surface area (Å²) in [6.45, 7) is 1.48. The number of nitrogens with zero attached hydrogens (tertiary/aromatic N) is 1. The number of hydrogen-bond acceptors (Lipinski definition) is 6. The van der Waals surface area contributed by atoms with Gasteiger partial charge in [0.1, 0.15) is 23.0 Å². The van der Waals surface area contributed by atoms with Crippen LogP contribution < -0.4 is 10.3 Å². The summed E-state index contributed by atoms with van der Waals surface area (Å²) in [5.41, 5.74) is 1.54. The molecule has 4 aromatic rings. The topological polar surface area (TPSA) is 81.3 Å². The van der Waals surface area contributed by atoms with Gasteiger partial charge in [0.05, 0.1) is 5.39 Å². The van der Waals surface area contributed by atoms with E-state index < -0.39 is 12.1 Å². The highest BCUT2D eigenvalue weighted by atomic mass is 32.1. The molecule has 7 heteroatoms. The van der Waals surface area contributed by atoms with Crippen LogP contribution in [0.4, 0.5) is 0 Å². The van der Waals surface area contributed by atoms with Gasteiger partial charge in [0, 0.05) is 10.9 Å². The summed E-state index contributed by atoms with van der Waals surface area (Å²) in [5, 5.41) is 2.45. The fraction of sp³-hybridized carbons (Fsp3) is 0.136. The highest BCUT2D eigenvalue weighted by Crippen LogP contribution is 2.30. The van der Waals surface area contributed by atoms with Crippen molar-refractivity contribution in [2.45, 2.75) is 19.6 Å². The smallest absolute Gasteiger partial charge is 0.347 e. The van der Waals surface area contributed by atoms with Gasteiger partial charge in [-0.25, -0.2) is 9.78 Å². The lowest BCUT2D eigenvalue weighted by Crippen LogP contribution is -2.26. The van der Waals surface area contributed by atoms with Gasteiger partial charge in [-0.15, -0.1) is 11.3 Å². The number of fused-ring (bicyclic) bond motifs is 1. The highest BCUT2D eigenvalue weighted by Gasteiger charge is 2.18. The monoisotopic (exact) mass is 406 g/mol. The van der Waals surface area contributed by atoms with Crippen molar-refractivity contribution in [2.24, 2.45) is 0 Å². The molecule has 0 amide bonds. The summed E-state index contributed by atoms with van der Waals surface area (Å²) in [6.07, 6.45) is -0.778. The summed E-state index contributed by atoms with van der Waals surface area (Å²) in [7, 11) is 0. The van der Waals surface area contributed by atoms with Gasteiger partial charge < -0.3 is 14.5 Å². The third-order valence-electron chi connectivity index (χ3n) is 4.32. The van der Waals surface area contributed by atoms with E-state index in [-0.39, 0.29) is 12.2 Å². The summed E-state index contributed by atoms with van der Waals surface area (Å²) >= 11 is 1.38. The Labute approximate surface area is 170 Å². The van der Waals surface area contributed by atoms with E-state index in [1.54, 1.807) is 19.1 Å². The summed E-state index contributed by atoms with van der Waals surface area (Å²) in [6, 6.07) is 18.7. The first-order valence-corrected chi connectivity index (χ1v) is 9.94. The van der Waals surface area contributed by atoms with E-state index in [1.807, 2.05) is 53.9 Å². The van der Waals surface area contributed by atoms with Crippen LogP contribution in [-0.4, -0.2) is 22.0 Å². The molecule has 2 aromatic heterocycles. The van der Waals surface area contributed by atoms with Crippen LogP contribution in [0.5, 0.6) is 5.75 Å². The molecule has 0 aliphatic carbocycles. The Hall–Kier alpha value is -3.45. The lowest BCUT2D eigenvalue weighted by Gasteiger charge is -2.13. The molecule has 29 heavy (non-hydrogen) atoms. The van der Waals surface area contributed by atoms with Crippen molar-refractivity contribution in [3.05, 3.63) is 82.2 Å². The van der Waals surface area contributed by atoms with Crippen molar-refractivity contribution in [2.75, 3.05) is 0 Å². The van der Waals surface area contributed by atoms with E-state index in [9.17, 15) is 9.59 Å². The maximum Gasteiger partial charge on any atom is 0.347 e. The first-order chi connectivity index (χ1) is 14.1. The number of thiophene rings is 1. The summed E-state index contributed by atoms with van der Waals surface area (Å²) in [5.74, 6) is 0.342. The largest absolute Gasteiger partial charge is 0.479 e. The Morgan fingerprint density at radius 3 is 2.52 bits per heavy atom. The minimum atomic E-state index is -0.778. The van der Waals surface area contributed by atoms with Crippen LogP contribution in [0.1, 0.15) is 12.7 Å². The van der Waals surface area contributed by atoms with Crippen LogP contribution in [0.3, 0.4) is 0 Å². The van der Waals surface area contributed by atoms with E-state index in [1.165, 1.54) is 11.3 Å². The molecule has 2 aromatic carbocycles. The Morgan fingerprint density at radius 2 is 1.79 bits per heavy atom. The quantitative estimate of drug-likeness (QED) is 0.486. The number of nitrogens with one attached hydrogen (secondary N) is 1. The average molecular weight is 406 g/mol. The molecule has 0 saturated carbocycles. The maximum atomic E-state index is 12.6. The molecule has 0 fully saturated rings. The number of carbonyl (C=O) groups excluding carboxylic acids is 1. The van der Waals surface area contributed by atoms with Gasteiger partial charge in [0.15, 0.2) is 6.10 Å². The standard InChI is InChI=1S/C22H18N2O4S/c1-14(28-16-10-6-3-7-11-16)22(26)27-12-18-23-20(25)19-17(13-29-21(19)24-18)15-8-4-2-5-9-15/h2-11,13-14H,12H2,1H3,(H,23,24,25)/t14-/m1/s1. The summed E-state index contributed by atoms with van der Waals surface area (Å²) < 4.78 is 10.8. The van der Waals surface area contributed by atoms with Gasteiger partial charge in [-0.2, -0.15) is 0 Å². The zero-order valence-corrected chi connectivity index (χ0v) is 16.4. The number of aromatic amines is 1. The number of hydrogen-bond donors (Lipinski definition) is 1. The van der Waals surface area contributed by atoms with Gasteiger partial charge in [0.25, 0.3) is 5.56 Å². The fourth-order valence-electron chi connectivity index (χ4n) is 2.90. The number of ether oxygens (including phenoxy) is 2. The second-order valence-electron chi connectivity index (χ2n) is 6.39. The molecular formula is C22H18N2O4S. The van der Waals surface area contributed by atoms with Crippen LogP contribution in [-0.2, 0) is 16.1 Å². The number of para-hydroxylation sites is 1. The average Bonchev–Trinajstić information content (AvgIpc) is 3.18. The van der Waals surface area contributed by atoms with Gasteiger partial charge >= 0.3 is 5.97 Å². The molecule has 0 unspecified atom stereocenters. The van der Waals surface area contributed by atoms with Crippen LogP contribution in [0.25, 0.3) is 21.3 Å². The molecule has 0 bridgehead atoms. The zero-order chi connectivity index (χ0) is 20.2. The number of benzene rings is 2. The van der Waals surface area contributed by atoms with Crippen LogP contribution in [0.2, 0.25) is 0 Å². The molecule has 0 spiro atoms. The van der Waals surface area contributed by atoms with Crippen LogP contribution in [0.15, 0.2) is 70.8 Å². The van der Waals surface area contributed by atoms with Crippen molar-refractivity contribution in [3.63, 3.8) is 0 Å². The molecule has 0 aliphatic rings. The van der Waals surface area contributed by atoms with E-state index >= 15 is 0 Å². The molecule has 4 rings (SSSR count). The summed E-state index contributed by atoms with van der Waals surface area (Å²) in [4.78, 5) is 32.6. The molecule has 0 saturated heterocycles. The first-order valence-electron chi connectivity index (χ1n) is 9.06. The number of rotatable bonds is 6. The van der Waals surface area contributed by atoms with E-state index in [0.29, 0.717) is 21.8 Å². The normalized spacial score (nSPS) is 11.9. The SMILES string of the molecule is C[C@@H](Oc1ccccc1)C(=O)OCc1nc2scc(-c3ccccc3)c2c(=O)[nH]1.